The first-order chi connectivity index (χ1) is 18.0. The fourth-order valence-electron chi connectivity index (χ4n) is 4.83. The summed E-state index contributed by atoms with van der Waals surface area (Å²) in [7, 11) is 3.29. The van der Waals surface area contributed by atoms with E-state index in [0.29, 0.717) is 31.2 Å². The molecule has 0 N–H and O–H groups in total. The molecule has 4 aromatic rings. The van der Waals surface area contributed by atoms with Crippen LogP contribution in [0.2, 0.25) is 0 Å². The third kappa shape index (κ3) is 4.89. The highest BCUT2D eigenvalue weighted by Crippen LogP contribution is 2.39. The summed E-state index contributed by atoms with van der Waals surface area (Å²) in [5.74, 6) is 2.16. The molecule has 7 nitrogen and oxygen atoms in total. The Kier molecular flexibility index (Phi) is 6.86. The summed E-state index contributed by atoms with van der Waals surface area (Å²) >= 11 is 0. The van der Waals surface area contributed by atoms with Gasteiger partial charge in [0.25, 0.3) is 0 Å². The molecule has 0 unspecified atom stereocenters. The highest BCUT2D eigenvalue weighted by atomic mass is 16.5. The minimum Gasteiger partial charge on any atom is -0.497 e. The molecule has 3 aromatic carbocycles. The number of ether oxygens (including phenoxy) is 3. The number of hydrogen-bond acceptors (Lipinski definition) is 5. The van der Waals surface area contributed by atoms with Gasteiger partial charge < -0.3 is 19.1 Å². The number of hydrogen-bond donors (Lipinski definition) is 0. The second-order valence-corrected chi connectivity index (χ2v) is 9.14. The molecule has 37 heavy (non-hydrogen) atoms. The Bertz CT molecular complexity index is 1430. The maximum absolute atomic E-state index is 13.6. The van der Waals surface area contributed by atoms with E-state index in [1.54, 1.807) is 14.2 Å². The lowest BCUT2D eigenvalue weighted by Gasteiger charge is -2.20. The lowest BCUT2D eigenvalue weighted by atomic mass is 10.0. The first-order valence-corrected chi connectivity index (χ1v) is 12.3. The van der Waals surface area contributed by atoms with Gasteiger partial charge in [-0.05, 0) is 61.4 Å². The number of benzene rings is 3. The maximum atomic E-state index is 13.6. The van der Waals surface area contributed by atoms with Crippen molar-refractivity contribution in [2.45, 2.75) is 26.8 Å². The largest absolute Gasteiger partial charge is 0.497 e. The van der Waals surface area contributed by atoms with E-state index in [4.69, 9.17) is 19.3 Å². The van der Waals surface area contributed by atoms with Crippen molar-refractivity contribution in [1.82, 2.24) is 14.7 Å². The van der Waals surface area contributed by atoms with Crippen molar-refractivity contribution in [3.05, 3.63) is 89.2 Å². The molecular formula is C30H31N3O4. The number of aryl methyl sites for hydroxylation is 1. The molecule has 1 amide bonds. The van der Waals surface area contributed by atoms with Crippen LogP contribution in [0.5, 0.6) is 17.2 Å². The van der Waals surface area contributed by atoms with E-state index in [1.807, 2.05) is 84.1 Å². The van der Waals surface area contributed by atoms with Gasteiger partial charge in [0.05, 0.1) is 38.6 Å². The summed E-state index contributed by atoms with van der Waals surface area (Å²) < 4.78 is 19.1. The molecule has 0 radical (unpaired) electrons. The Morgan fingerprint density at radius 3 is 2.54 bits per heavy atom. The minimum absolute atomic E-state index is 0.0426. The van der Waals surface area contributed by atoms with Gasteiger partial charge in [0.1, 0.15) is 12.4 Å². The Labute approximate surface area is 217 Å². The van der Waals surface area contributed by atoms with Crippen LogP contribution < -0.4 is 14.2 Å². The van der Waals surface area contributed by atoms with Gasteiger partial charge in [-0.15, -0.1) is 0 Å². The number of para-hydroxylation sites is 1. The molecule has 0 atom stereocenters. The normalized spacial score (nSPS) is 12.9. The Balaban J connectivity index is 1.43. The van der Waals surface area contributed by atoms with Gasteiger partial charge in [-0.1, -0.05) is 30.3 Å². The van der Waals surface area contributed by atoms with Crippen molar-refractivity contribution in [3.63, 3.8) is 0 Å². The van der Waals surface area contributed by atoms with E-state index in [-0.39, 0.29) is 12.3 Å². The highest BCUT2D eigenvalue weighted by molar-refractivity contribution is 5.80. The fourth-order valence-corrected chi connectivity index (χ4v) is 4.83. The highest BCUT2D eigenvalue weighted by Gasteiger charge is 2.25. The van der Waals surface area contributed by atoms with Gasteiger partial charge in [-0.25, -0.2) is 4.68 Å². The summed E-state index contributed by atoms with van der Waals surface area (Å²) in [4.78, 5) is 15.4. The van der Waals surface area contributed by atoms with Crippen LogP contribution >= 0.6 is 0 Å². The van der Waals surface area contributed by atoms with Gasteiger partial charge >= 0.3 is 0 Å². The molecule has 0 spiro atoms. The van der Waals surface area contributed by atoms with Crippen LogP contribution in [-0.2, 0) is 17.8 Å². The van der Waals surface area contributed by atoms with Crippen LogP contribution in [0.1, 0.15) is 22.5 Å². The van der Waals surface area contributed by atoms with Crippen molar-refractivity contribution in [1.29, 1.82) is 0 Å². The molecule has 1 aromatic heterocycles. The zero-order valence-corrected chi connectivity index (χ0v) is 21.7. The number of fused-ring (bicyclic) bond motifs is 1. The van der Waals surface area contributed by atoms with Gasteiger partial charge in [-0.2, -0.15) is 5.10 Å². The standard InChI is InChI=1S/C30H31N3O4/c1-20-27(21(2)33(31-20)25-10-6-5-7-11-25)18-29(34)32-13-14-37-30-24(19-32)15-23(17-28(30)36-4)22-9-8-12-26(16-22)35-3/h5-12,15-17H,13-14,18-19H2,1-4H3. The van der Waals surface area contributed by atoms with Crippen LogP contribution in [0.4, 0.5) is 0 Å². The van der Waals surface area contributed by atoms with Crippen molar-refractivity contribution >= 4 is 5.91 Å². The molecule has 0 aliphatic carbocycles. The van der Waals surface area contributed by atoms with Gasteiger partial charge in [0.15, 0.2) is 11.5 Å². The van der Waals surface area contributed by atoms with E-state index in [1.165, 1.54) is 0 Å². The molecule has 0 saturated carbocycles. The smallest absolute Gasteiger partial charge is 0.227 e. The number of carbonyl (C=O) groups excluding carboxylic acids is 1. The number of carbonyl (C=O) groups is 1. The summed E-state index contributed by atoms with van der Waals surface area (Å²) in [6, 6.07) is 21.9. The number of aromatic nitrogens is 2. The molecule has 2 heterocycles. The number of rotatable bonds is 6. The second-order valence-electron chi connectivity index (χ2n) is 9.14. The molecule has 0 bridgehead atoms. The van der Waals surface area contributed by atoms with Gasteiger partial charge in [-0.3, -0.25) is 4.79 Å². The minimum atomic E-state index is 0.0426. The predicted molar refractivity (Wildman–Crippen MR) is 143 cm³/mol. The Morgan fingerprint density at radius 2 is 1.78 bits per heavy atom. The molecule has 0 fully saturated rings. The topological polar surface area (TPSA) is 65.8 Å². The third-order valence-electron chi connectivity index (χ3n) is 6.85. The number of amides is 1. The average molecular weight is 498 g/mol. The number of methoxy groups -OCH3 is 2. The monoisotopic (exact) mass is 497 g/mol. The van der Waals surface area contributed by atoms with Crippen LogP contribution in [0, 0.1) is 13.8 Å². The zero-order valence-electron chi connectivity index (χ0n) is 21.7. The van der Waals surface area contributed by atoms with Crippen molar-refractivity contribution < 1.29 is 19.0 Å². The molecule has 0 saturated heterocycles. The molecular weight excluding hydrogens is 466 g/mol. The van der Waals surface area contributed by atoms with E-state index in [2.05, 4.69) is 6.07 Å². The summed E-state index contributed by atoms with van der Waals surface area (Å²) in [6.07, 6.45) is 0.284. The van der Waals surface area contributed by atoms with E-state index >= 15 is 0 Å². The lowest BCUT2D eigenvalue weighted by Crippen LogP contribution is -2.33. The molecule has 1 aliphatic rings. The molecule has 1 aliphatic heterocycles. The van der Waals surface area contributed by atoms with E-state index < -0.39 is 0 Å². The average Bonchev–Trinajstić information content (AvgIpc) is 3.08. The van der Waals surface area contributed by atoms with Crippen molar-refractivity contribution in [2.24, 2.45) is 0 Å². The zero-order chi connectivity index (χ0) is 25.9. The Morgan fingerprint density at radius 1 is 0.973 bits per heavy atom. The fraction of sp³-hybridized carbons (Fsp3) is 0.267. The maximum Gasteiger partial charge on any atom is 0.227 e. The van der Waals surface area contributed by atoms with E-state index in [9.17, 15) is 4.79 Å². The van der Waals surface area contributed by atoms with Crippen molar-refractivity contribution in [2.75, 3.05) is 27.4 Å². The van der Waals surface area contributed by atoms with Crippen molar-refractivity contribution in [3.8, 4) is 34.1 Å². The summed E-state index contributed by atoms with van der Waals surface area (Å²) in [6.45, 7) is 5.31. The van der Waals surface area contributed by atoms with Gasteiger partial charge in [0.2, 0.25) is 5.91 Å². The van der Waals surface area contributed by atoms with Crippen LogP contribution in [0.25, 0.3) is 16.8 Å². The van der Waals surface area contributed by atoms with Crippen LogP contribution in [-0.4, -0.2) is 48.0 Å². The number of nitrogens with zero attached hydrogens (tertiary/aromatic N) is 3. The first kappa shape index (κ1) is 24.4. The summed E-state index contributed by atoms with van der Waals surface area (Å²) in [5.41, 5.74) is 6.67. The van der Waals surface area contributed by atoms with Crippen LogP contribution in [0.3, 0.4) is 0 Å². The molecule has 190 valence electrons. The Hall–Kier alpha value is -4.26. The van der Waals surface area contributed by atoms with Gasteiger partial charge in [0, 0.05) is 23.4 Å². The second kappa shape index (κ2) is 10.4. The SMILES string of the molecule is COc1cccc(-c2cc3c(c(OC)c2)OCCN(C(=O)Cc2c(C)nn(-c4ccccc4)c2C)C3)c1. The summed E-state index contributed by atoms with van der Waals surface area (Å²) in [5, 5.41) is 4.71. The molecule has 7 heteroatoms. The van der Waals surface area contributed by atoms with Crippen LogP contribution in [0.15, 0.2) is 66.7 Å². The quantitative estimate of drug-likeness (QED) is 0.369. The lowest BCUT2D eigenvalue weighted by molar-refractivity contribution is -0.131. The molecule has 5 rings (SSSR count). The predicted octanol–water partition coefficient (Wildman–Crippen LogP) is 5.14. The first-order valence-electron chi connectivity index (χ1n) is 12.3. The van der Waals surface area contributed by atoms with E-state index in [0.717, 1.165) is 45.1 Å². The third-order valence-corrected chi connectivity index (χ3v) is 6.85.